The van der Waals surface area contributed by atoms with E-state index in [1.807, 2.05) is 18.2 Å². The number of halogens is 1. The van der Waals surface area contributed by atoms with Crippen molar-refractivity contribution in [2.45, 2.75) is 0 Å². The van der Waals surface area contributed by atoms with Gasteiger partial charge in [-0.05, 0) is 36.0 Å². The second-order valence-corrected chi connectivity index (χ2v) is 8.44. The summed E-state index contributed by atoms with van der Waals surface area (Å²) in [7, 11) is -0.683. The molecule has 3 heteroatoms. The molecule has 26 heavy (non-hydrogen) atoms. The fourth-order valence-electron chi connectivity index (χ4n) is 3.02. The van der Waals surface area contributed by atoms with Gasteiger partial charge in [0.1, 0.15) is 5.15 Å². The van der Waals surface area contributed by atoms with Crippen LogP contribution in [0.15, 0.2) is 103 Å². The van der Waals surface area contributed by atoms with E-state index in [2.05, 4.69) is 89.9 Å². The standard InChI is InChI=1S/C23H17ClNP/c24-23-17-9-15-21(25-23)20-14-7-8-16-22(20)26(18-10-3-1-4-11-18)19-12-5-2-6-13-19/h1-17H. The number of hydrogen-bond acceptors (Lipinski definition) is 1. The average Bonchev–Trinajstić information content (AvgIpc) is 2.70. The average molecular weight is 374 g/mol. The molecule has 0 spiro atoms. The van der Waals surface area contributed by atoms with Crippen LogP contribution in [0.25, 0.3) is 11.3 Å². The van der Waals surface area contributed by atoms with Gasteiger partial charge in [-0.1, -0.05) is 103 Å². The summed E-state index contributed by atoms with van der Waals surface area (Å²) in [5.41, 5.74) is 2.04. The third-order valence-corrected chi connectivity index (χ3v) is 6.88. The van der Waals surface area contributed by atoms with Crippen LogP contribution in [0.1, 0.15) is 0 Å². The SMILES string of the molecule is Clc1cccc(-c2ccccc2P(c2ccccc2)c2ccccc2)n1. The van der Waals surface area contributed by atoms with E-state index in [1.165, 1.54) is 15.9 Å². The van der Waals surface area contributed by atoms with Crippen LogP contribution in [0.5, 0.6) is 0 Å². The van der Waals surface area contributed by atoms with Crippen LogP contribution in [0, 0.1) is 0 Å². The summed E-state index contributed by atoms with van der Waals surface area (Å²) in [6.45, 7) is 0. The molecule has 4 aromatic rings. The number of hydrogen-bond donors (Lipinski definition) is 0. The Kier molecular flexibility index (Phi) is 5.11. The molecule has 3 aromatic carbocycles. The van der Waals surface area contributed by atoms with Gasteiger partial charge in [-0.2, -0.15) is 0 Å². The molecule has 0 fully saturated rings. The fourth-order valence-corrected chi connectivity index (χ4v) is 5.65. The number of pyridine rings is 1. The Bertz CT molecular complexity index is 963. The fraction of sp³-hybridized carbons (Fsp3) is 0. The van der Waals surface area contributed by atoms with Crippen molar-refractivity contribution >= 4 is 35.4 Å². The first kappa shape index (κ1) is 17.0. The zero-order valence-corrected chi connectivity index (χ0v) is 15.7. The molecule has 0 aliphatic rings. The van der Waals surface area contributed by atoms with Crippen LogP contribution < -0.4 is 15.9 Å². The minimum Gasteiger partial charge on any atom is -0.236 e. The molecule has 0 saturated heterocycles. The van der Waals surface area contributed by atoms with Gasteiger partial charge in [-0.25, -0.2) is 4.98 Å². The van der Waals surface area contributed by atoms with Crippen LogP contribution in [0.4, 0.5) is 0 Å². The lowest BCUT2D eigenvalue weighted by Crippen LogP contribution is -2.22. The molecule has 1 aromatic heterocycles. The smallest absolute Gasteiger partial charge is 0.129 e. The Morgan fingerprint density at radius 1 is 0.577 bits per heavy atom. The van der Waals surface area contributed by atoms with Crippen molar-refractivity contribution in [1.29, 1.82) is 0 Å². The van der Waals surface area contributed by atoms with E-state index >= 15 is 0 Å². The molecule has 0 saturated carbocycles. The second kappa shape index (κ2) is 7.83. The third kappa shape index (κ3) is 3.55. The van der Waals surface area contributed by atoms with Gasteiger partial charge in [-0.3, -0.25) is 0 Å². The predicted molar refractivity (Wildman–Crippen MR) is 113 cm³/mol. The summed E-state index contributed by atoms with van der Waals surface area (Å²) in [5.74, 6) is 0. The van der Waals surface area contributed by atoms with Gasteiger partial charge < -0.3 is 0 Å². The molecule has 0 aliphatic carbocycles. The van der Waals surface area contributed by atoms with E-state index < -0.39 is 7.92 Å². The van der Waals surface area contributed by atoms with Crippen LogP contribution >= 0.6 is 19.5 Å². The number of benzene rings is 3. The molecule has 0 radical (unpaired) electrons. The Labute approximate surface area is 160 Å². The van der Waals surface area contributed by atoms with E-state index in [-0.39, 0.29) is 0 Å². The molecule has 0 bridgehead atoms. The Morgan fingerprint density at radius 2 is 1.15 bits per heavy atom. The first-order chi connectivity index (χ1) is 12.8. The molecule has 0 N–H and O–H groups in total. The molecule has 0 unspecified atom stereocenters. The van der Waals surface area contributed by atoms with Crippen molar-refractivity contribution in [2.75, 3.05) is 0 Å². The topological polar surface area (TPSA) is 12.9 Å². The molecule has 4 rings (SSSR count). The summed E-state index contributed by atoms with van der Waals surface area (Å²) in [6, 6.07) is 35.7. The predicted octanol–water partition coefficient (Wildman–Crippen LogP) is 5.16. The highest BCUT2D eigenvalue weighted by Crippen LogP contribution is 2.36. The van der Waals surface area contributed by atoms with Crippen molar-refractivity contribution in [2.24, 2.45) is 0 Å². The Balaban J connectivity index is 1.93. The van der Waals surface area contributed by atoms with Crippen molar-refractivity contribution in [3.8, 4) is 11.3 Å². The van der Waals surface area contributed by atoms with Crippen LogP contribution in [0.2, 0.25) is 5.15 Å². The van der Waals surface area contributed by atoms with Crippen molar-refractivity contribution in [1.82, 2.24) is 4.98 Å². The van der Waals surface area contributed by atoms with Crippen molar-refractivity contribution < 1.29 is 0 Å². The normalized spacial score (nSPS) is 10.8. The molecular formula is C23H17ClNP. The van der Waals surface area contributed by atoms with Crippen molar-refractivity contribution in [3.05, 3.63) is 108 Å². The first-order valence-electron chi connectivity index (χ1n) is 8.45. The monoisotopic (exact) mass is 373 g/mol. The van der Waals surface area contributed by atoms with Gasteiger partial charge in [-0.15, -0.1) is 0 Å². The summed E-state index contributed by atoms with van der Waals surface area (Å²) in [5, 5.41) is 4.45. The molecule has 1 nitrogen and oxygen atoms in total. The van der Waals surface area contributed by atoms with E-state index in [0.717, 1.165) is 11.3 Å². The second-order valence-electron chi connectivity index (χ2n) is 5.87. The first-order valence-corrected chi connectivity index (χ1v) is 10.2. The van der Waals surface area contributed by atoms with Gasteiger partial charge in [0, 0.05) is 5.56 Å². The Hall–Kier alpha value is -2.47. The van der Waals surface area contributed by atoms with Gasteiger partial charge >= 0.3 is 0 Å². The number of nitrogens with zero attached hydrogens (tertiary/aromatic N) is 1. The third-order valence-electron chi connectivity index (χ3n) is 4.16. The highest BCUT2D eigenvalue weighted by molar-refractivity contribution is 7.80. The van der Waals surface area contributed by atoms with Crippen molar-refractivity contribution in [3.63, 3.8) is 0 Å². The molecule has 126 valence electrons. The minimum atomic E-state index is -0.683. The van der Waals surface area contributed by atoms with E-state index in [0.29, 0.717) is 5.15 Å². The highest BCUT2D eigenvalue weighted by atomic mass is 35.5. The Morgan fingerprint density at radius 3 is 1.77 bits per heavy atom. The zero-order chi connectivity index (χ0) is 17.8. The summed E-state index contributed by atoms with van der Waals surface area (Å²) >= 11 is 6.15. The maximum atomic E-state index is 6.15. The molecule has 0 atom stereocenters. The lowest BCUT2D eigenvalue weighted by atomic mass is 10.1. The quantitative estimate of drug-likeness (QED) is 0.355. The van der Waals surface area contributed by atoms with E-state index in [9.17, 15) is 0 Å². The summed E-state index contributed by atoms with van der Waals surface area (Å²) < 4.78 is 0. The van der Waals surface area contributed by atoms with Gasteiger partial charge in [0.2, 0.25) is 0 Å². The molecule has 0 amide bonds. The zero-order valence-electron chi connectivity index (χ0n) is 14.1. The minimum absolute atomic E-state index is 0.515. The lowest BCUT2D eigenvalue weighted by molar-refractivity contribution is 1.33. The number of aromatic nitrogens is 1. The van der Waals surface area contributed by atoms with Crippen LogP contribution in [0.3, 0.4) is 0 Å². The maximum Gasteiger partial charge on any atom is 0.129 e. The van der Waals surface area contributed by atoms with E-state index in [1.54, 1.807) is 0 Å². The summed E-state index contributed by atoms with van der Waals surface area (Å²) in [6.07, 6.45) is 0. The molecule has 1 heterocycles. The lowest BCUT2D eigenvalue weighted by Gasteiger charge is -2.22. The maximum absolute atomic E-state index is 6.15. The molecule has 0 aliphatic heterocycles. The van der Waals surface area contributed by atoms with Crippen LogP contribution in [-0.2, 0) is 0 Å². The van der Waals surface area contributed by atoms with Gasteiger partial charge in [0.25, 0.3) is 0 Å². The van der Waals surface area contributed by atoms with Gasteiger partial charge in [0.15, 0.2) is 0 Å². The van der Waals surface area contributed by atoms with Gasteiger partial charge in [0.05, 0.1) is 5.69 Å². The summed E-state index contributed by atoms with van der Waals surface area (Å²) in [4.78, 5) is 4.55. The highest BCUT2D eigenvalue weighted by Gasteiger charge is 2.20. The number of rotatable bonds is 4. The molecular weight excluding hydrogens is 357 g/mol. The van der Waals surface area contributed by atoms with E-state index in [4.69, 9.17) is 11.6 Å². The largest absolute Gasteiger partial charge is 0.236 e. The van der Waals surface area contributed by atoms with Crippen LogP contribution in [-0.4, -0.2) is 4.98 Å².